The van der Waals surface area contributed by atoms with Crippen LogP contribution in [-0.4, -0.2) is 31.5 Å². The Hall–Kier alpha value is -1.46. The highest BCUT2D eigenvalue weighted by Crippen LogP contribution is 2.16. The molecule has 0 fully saturated rings. The molecule has 2 rings (SSSR count). The SMILES string of the molecule is CCS(=O)(=O)CCNCc1cccc2cnccc12. The number of benzene rings is 1. The summed E-state index contributed by atoms with van der Waals surface area (Å²) in [6.07, 6.45) is 3.60. The lowest BCUT2D eigenvalue weighted by Crippen LogP contribution is -2.23. The number of rotatable bonds is 6. The van der Waals surface area contributed by atoms with E-state index in [0.29, 0.717) is 13.1 Å². The maximum Gasteiger partial charge on any atom is 0.151 e. The van der Waals surface area contributed by atoms with Crippen molar-refractivity contribution >= 4 is 20.6 Å². The van der Waals surface area contributed by atoms with Gasteiger partial charge in [-0.3, -0.25) is 4.98 Å². The van der Waals surface area contributed by atoms with E-state index in [2.05, 4.69) is 10.3 Å². The van der Waals surface area contributed by atoms with Crippen molar-refractivity contribution in [2.75, 3.05) is 18.1 Å². The van der Waals surface area contributed by atoms with Crippen LogP contribution in [0.25, 0.3) is 10.8 Å². The van der Waals surface area contributed by atoms with Crippen LogP contribution < -0.4 is 5.32 Å². The molecule has 1 N–H and O–H groups in total. The monoisotopic (exact) mass is 278 g/mol. The molecule has 2 aromatic rings. The fraction of sp³-hybridized carbons (Fsp3) is 0.357. The van der Waals surface area contributed by atoms with Crippen molar-refractivity contribution in [1.82, 2.24) is 10.3 Å². The third-order valence-corrected chi connectivity index (χ3v) is 4.82. The van der Waals surface area contributed by atoms with Gasteiger partial charge in [0.2, 0.25) is 0 Å². The van der Waals surface area contributed by atoms with Crippen LogP contribution in [0.2, 0.25) is 0 Å². The van der Waals surface area contributed by atoms with E-state index in [0.717, 1.165) is 16.3 Å². The fourth-order valence-corrected chi connectivity index (χ4v) is 2.68. The fourth-order valence-electron chi connectivity index (χ4n) is 1.94. The van der Waals surface area contributed by atoms with Crippen LogP contribution in [0.1, 0.15) is 12.5 Å². The maximum atomic E-state index is 11.4. The van der Waals surface area contributed by atoms with Crippen molar-refractivity contribution < 1.29 is 8.42 Å². The van der Waals surface area contributed by atoms with Gasteiger partial charge in [0, 0.05) is 36.6 Å². The van der Waals surface area contributed by atoms with Gasteiger partial charge in [0.1, 0.15) is 0 Å². The number of hydrogen-bond acceptors (Lipinski definition) is 4. The minimum Gasteiger partial charge on any atom is -0.312 e. The number of aromatic nitrogens is 1. The van der Waals surface area contributed by atoms with Crippen molar-refractivity contribution in [3.63, 3.8) is 0 Å². The second-order valence-corrected chi connectivity index (χ2v) is 6.90. The average Bonchev–Trinajstić information content (AvgIpc) is 2.44. The van der Waals surface area contributed by atoms with Gasteiger partial charge in [-0.15, -0.1) is 0 Å². The van der Waals surface area contributed by atoms with Gasteiger partial charge in [-0.05, 0) is 17.0 Å². The number of nitrogens with zero attached hydrogens (tertiary/aromatic N) is 1. The maximum absolute atomic E-state index is 11.4. The normalized spacial score (nSPS) is 11.8. The highest BCUT2D eigenvalue weighted by atomic mass is 32.2. The van der Waals surface area contributed by atoms with Crippen molar-refractivity contribution in [3.8, 4) is 0 Å². The van der Waals surface area contributed by atoms with Gasteiger partial charge in [-0.1, -0.05) is 25.1 Å². The molecule has 5 heteroatoms. The first kappa shape index (κ1) is 14.0. The van der Waals surface area contributed by atoms with Gasteiger partial charge in [-0.25, -0.2) is 8.42 Å². The van der Waals surface area contributed by atoms with E-state index in [1.54, 1.807) is 13.1 Å². The van der Waals surface area contributed by atoms with Gasteiger partial charge in [-0.2, -0.15) is 0 Å². The van der Waals surface area contributed by atoms with Gasteiger partial charge in [0.15, 0.2) is 9.84 Å². The summed E-state index contributed by atoms with van der Waals surface area (Å²) < 4.78 is 22.7. The number of sulfone groups is 1. The van der Waals surface area contributed by atoms with Crippen LogP contribution in [-0.2, 0) is 16.4 Å². The highest BCUT2D eigenvalue weighted by Gasteiger charge is 2.06. The Labute approximate surface area is 113 Å². The first-order valence-electron chi connectivity index (χ1n) is 6.35. The van der Waals surface area contributed by atoms with E-state index in [1.165, 1.54) is 0 Å². The lowest BCUT2D eigenvalue weighted by molar-refractivity contribution is 0.592. The topological polar surface area (TPSA) is 59.1 Å². The lowest BCUT2D eigenvalue weighted by Gasteiger charge is -2.08. The molecule has 0 aliphatic carbocycles. The molecule has 0 atom stereocenters. The van der Waals surface area contributed by atoms with Crippen molar-refractivity contribution in [1.29, 1.82) is 0 Å². The molecular formula is C14H18N2O2S. The Morgan fingerprint density at radius 3 is 2.89 bits per heavy atom. The molecular weight excluding hydrogens is 260 g/mol. The number of pyridine rings is 1. The largest absolute Gasteiger partial charge is 0.312 e. The molecule has 0 unspecified atom stereocenters. The van der Waals surface area contributed by atoms with Crippen molar-refractivity contribution in [2.45, 2.75) is 13.5 Å². The minimum atomic E-state index is -2.89. The molecule has 0 aliphatic rings. The van der Waals surface area contributed by atoms with Gasteiger partial charge in [0.05, 0.1) is 5.75 Å². The summed E-state index contributed by atoms with van der Waals surface area (Å²) in [4.78, 5) is 4.09. The Morgan fingerprint density at radius 1 is 1.26 bits per heavy atom. The molecule has 1 heterocycles. The summed E-state index contributed by atoms with van der Waals surface area (Å²) in [5, 5.41) is 5.44. The summed E-state index contributed by atoms with van der Waals surface area (Å²) in [5.41, 5.74) is 1.16. The predicted octanol–water partition coefficient (Wildman–Crippen LogP) is 1.76. The van der Waals surface area contributed by atoms with Gasteiger partial charge in [0.25, 0.3) is 0 Å². The Morgan fingerprint density at radius 2 is 2.11 bits per heavy atom. The van der Waals surface area contributed by atoms with Crippen LogP contribution in [0.3, 0.4) is 0 Å². The van der Waals surface area contributed by atoms with E-state index in [9.17, 15) is 8.42 Å². The highest BCUT2D eigenvalue weighted by molar-refractivity contribution is 7.91. The van der Waals surface area contributed by atoms with Gasteiger partial charge < -0.3 is 5.32 Å². The first-order valence-corrected chi connectivity index (χ1v) is 8.17. The number of fused-ring (bicyclic) bond motifs is 1. The second-order valence-electron chi connectivity index (χ2n) is 4.43. The first-order chi connectivity index (χ1) is 9.12. The van der Waals surface area contributed by atoms with E-state index in [4.69, 9.17) is 0 Å². The summed E-state index contributed by atoms with van der Waals surface area (Å²) >= 11 is 0. The smallest absolute Gasteiger partial charge is 0.151 e. The van der Waals surface area contributed by atoms with Crippen molar-refractivity contribution in [2.24, 2.45) is 0 Å². The summed E-state index contributed by atoms with van der Waals surface area (Å²) in [5.74, 6) is 0.393. The Kier molecular flexibility index (Phi) is 4.50. The molecule has 0 saturated carbocycles. The molecule has 102 valence electrons. The zero-order chi connectivity index (χ0) is 13.7. The second kappa shape index (κ2) is 6.12. The van der Waals surface area contributed by atoms with Gasteiger partial charge >= 0.3 is 0 Å². The molecule has 1 aromatic carbocycles. The summed E-state index contributed by atoms with van der Waals surface area (Å²) in [6.45, 7) is 2.82. The molecule has 0 bridgehead atoms. The van der Waals surface area contributed by atoms with Crippen LogP contribution in [0.5, 0.6) is 0 Å². The van der Waals surface area contributed by atoms with Crippen molar-refractivity contribution in [3.05, 3.63) is 42.2 Å². The van der Waals surface area contributed by atoms with Crippen LogP contribution in [0.15, 0.2) is 36.7 Å². The minimum absolute atomic E-state index is 0.190. The Balaban J connectivity index is 1.99. The van der Waals surface area contributed by atoms with E-state index in [1.807, 2.05) is 30.5 Å². The number of nitrogens with one attached hydrogen (secondary N) is 1. The molecule has 19 heavy (non-hydrogen) atoms. The molecule has 0 saturated heterocycles. The zero-order valence-corrected chi connectivity index (χ0v) is 11.8. The predicted molar refractivity (Wildman–Crippen MR) is 77.8 cm³/mol. The van der Waals surface area contributed by atoms with Crippen LogP contribution >= 0.6 is 0 Å². The third kappa shape index (κ3) is 3.75. The van der Waals surface area contributed by atoms with E-state index in [-0.39, 0.29) is 11.5 Å². The molecule has 0 amide bonds. The molecule has 0 aliphatic heterocycles. The lowest BCUT2D eigenvalue weighted by atomic mass is 10.1. The van der Waals surface area contributed by atoms with E-state index >= 15 is 0 Å². The summed E-state index contributed by atoms with van der Waals surface area (Å²) in [7, 11) is -2.89. The molecule has 1 aromatic heterocycles. The standard InChI is InChI=1S/C14H18N2O2S/c1-2-19(17,18)9-8-16-11-13-5-3-4-12-10-15-7-6-14(12)13/h3-7,10,16H,2,8-9,11H2,1H3. The molecule has 0 radical (unpaired) electrons. The third-order valence-electron chi connectivity index (χ3n) is 3.12. The van der Waals surface area contributed by atoms with Crippen LogP contribution in [0.4, 0.5) is 0 Å². The summed E-state index contributed by atoms with van der Waals surface area (Å²) in [6, 6.07) is 8.04. The quantitative estimate of drug-likeness (QED) is 0.818. The number of hydrogen-bond donors (Lipinski definition) is 1. The molecule has 0 spiro atoms. The Bertz CT molecular complexity index is 648. The molecule has 4 nitrogen and oxygen atoms in total. The van der Waals surface area contributed by atoms with Crippen LogP contribution in [0, 0.1) is 0 Å². The van der Waals surface area contributed by atoms with E-state index < -0.39 is 9.84 Å². The average molecular weight is 278 g/mol. The zero-order valence-electron chi connectivity index (χ0n) is 11.0.